The monoisotopic (exact) mass is 274 g/mol. The van der Waals surface area contributed by atoms with Crippen LogP contribution in [0.2, 0.25) is 0 Å². The molecule has 100 valence electrons. The SMILES string of the molecule is CCCCn1cc(C=NNC(N)=S)c2ccccc21. The van der Waals surface area contributed by atoms with Gasteiger partial charge in [-0.05, 0) is 24.7 Å². The first-order valence-corrected chi connectivity index (χ1v) is 6.79. The summed E-state index contributed by atoms with van der Waals surface area (Å²) in [5.74, 6) is 0. The van der Waals surface area contributed by atoms with Crippen LogP contribution in [0.15, 0.2) is 35.6 Å². The predicted molar refractivity (Wildman–Crippen MR) is 84.4 cm³/mol. The molecule has 0 bridgehead atoms. The molecule has 1 heterocycles. The first-order chi connectivity index (χ1) is 9.22. The normalized spacial score (nSPS) is 11.2. The van der Waals surface area contributed by atoms with Gasteiger partial charge in [0.25, 0.3) is 0 Å². The van der Waals surface area contributed by atoms with Crippen LogP contribution in [0.25, 0.3) is 10.9 Å². The number of hydrogen-bond donors (Lipinski definition) is 2. The van der Waals surface area contributed by atoms with E-state index in [-0.39, 0.29) is 5.11 Å². The quantitative estimate of drug-likeness (QED) is 0.500. The van der Waals surface area contributed by atoms with Crippen molar-refractivity contribution in [2.45, 2.75) is 26.3 Å². The molecule has 0 spiro atoms. The molecule has 5 heteroatoms. The second-order valence-electron chi connectivity index (χ2n) is 4.38. The van der Waals surface area contributed by atoms with Crippen molar-refractivity contribution in [1.29, 1.82) is 0 Å². The maximum atomic E-state index is 5.34. The molecule has 19 heavy (non-hydrogen) atoms. The van der Waals surface area contributed by atoms with Crippen LogP contribution >= 0.6 is 12.2 Å². The fraction of sp³-hybridized carbons (Fsp3) is 0.286. The molecule has 0 saturated heterocycles. The Balaban J connectivity index is 2.32. The third-order valence-corrected chi connectivity index (χ3v) is 3.04. The lowest BCUT2D eigenvalue weighted by Crippen LogP contribution is -2.23. The van der Waals surface area contributed by atoms with E-state index < -0.39 is 0 Å². The van der Waals surface area contributed by atoms with Crippen LogP contribution < -0.4 is 11.2 Å². The third-order valence-electron chi connectivity index (χ3n) is 2.95. The van der Waals surface area contributed by atoms with Gasteiger partial charge >= 0.3 is 0 Å². The van der Waals surface area contributed by atoms with Crippen molar-refractivity contribution in [3.8, 4) is 0 Å². The second-order valence-corrected chi connectivity index (χ2v) is 4.82. The number of unbranched alkanes of at least 4 members (excludes halogenated alkanes) is 1. The first kappa shape index (κ1) is 13.5. The molecule has 1 aromatic heterocycles. The Morgan fingerprint density at radius 1 is 1.47 bits per heavy atom. The minimum absolute atomic E-state index is 0.172. The number of aromatic nitrogens is 1. The molecule has 2 rings (SSSR count). The Morgan fingerprint density at radius 2 is 2.26 bits per heavy atom. The molecular formula is C14H18N4S. The van der Waals surface area contributed by atoms with E-state index in [9.17, 15) is 0 Å². The van der Waals surface area contributed by atoms with Gasteiger partial charge in [-0.1, -0.05) is 31.5 Å². The Bertz CT molecular complexity index is 601. The highest BCUT2D eigenvalue weighted by Gasteiger charge is 2.05. The van der Waals surface area contributed by atoms with Gasteiger partial charge in [-0.25, -0.2) is 0 Å². The van der Waals surface area contributed by atoms with Crippen LogP contribution in [-0.2, 0) is 6.54 Å². The number of rotatable bonds is 5. The summed E-state index contributed by atoms with van der Waals surface area (Å²) in [6, 6.07) is 8.31. The molecule has 2 aromatic rings. The topological polar surface area (TPSA) is 55.3 Å². The van der Waals surface area contributed by atoms with Crippen molar-refractivity contribution >= 4 is 34.4 Å². The highest BCUT2D eigenvalue weighted by molar-refractivity contribution is 7.80. The molecule has 0 aliphatic carbocycles. The van der Waals surface area contributed by atoms with Crippen molar-refractivity contribution in [2.75, 3.05) is 0 Å². The molecular weight excluding hydrogens is 256 g/mol. The number of hydrazone groups is 1. The smallest absolute Gasteiger partial charge is 0.184 e. The van der Waals surface area contributed by atoms with Gasteiger partial charge in [-0.2, -0.15) is 5.10 Å². The van der Waals surface area contributed by atoms with Gasteiger partial charge in [0.2, 0.25) is 0 Å². The fourth-order valence-electron chi connectivity index (χ4n) is 2.06. The van der Waals surface area contributed by atoms with E-state index in [0.717, 1.165) is 12.1 Å². The lowest BCUT2D eigenvalue weighted by Gasteiger charge is -2.02. The van der Waals surface area contributed by atoms with Crippen molar-refractivity contribution in [3.63, 3.8) is 0 Å². The van der Waals surface area contributed by atoms with E-state index >= 15 is 0 Å². The minimum Gasteiger partial charge on any atom is -0.375 e. The van der Waals surface area contributed by atoms with Crippen LogP contribution in [-0.4, -0.2) is 15.9 Å². The third kappa shape index (κ3) is 3.32. The van der Waals surface area contributed by atoms with E-state index in [1.165, 1.54) is 23.7 Å². The Labute approximate surface area is 118 Å². The molecule has 0 saturated carbocycles. The van der Waals surface area contributed by atoms with Gasteiger partial charge in [0, 0.05) is 29.2 Å². The van der Waals surface area contributed by atoms with Crippen LogP contribution in [0.4, 0.5) is 0 Å². The number of thiocarbonyl (C=S) groups is 1. The van der Waals surface area contributed by atoms with Crippen molar-refractivity contribution in [2.24, 2.45) is 10.8 Å². The molecule has 3 N–H and O–H groups in total. The highest BCUT2D eigenvalue weighted by atomic mass is 32.1. The largest absolute Gasteiger partial charge is 0.375 e. The predicted octanol–water partition coefficient (Wildman–Crippen LogP) is 2.61. The number of nitrogens with zero attached hydrogens (tertiary/aromatic N) is 2. The van der Waals surface area contributed by atoms with Gasteiger partial charge in [0.1, 0.15) is 0 Å². The van der Waals surface area contributed by atoms with Crippen molar-refractivity contribution < 1.29 is 0 Å². The lowest BCUT2D eigenvalue weighted by molar-refractivity contribution is 0.650. The number of benzene rings is 1. The Kier molecular flexibility index (Phi) is 4.52. The number of nitrogens with one attached hydrogen (secondary N) is 1. The zero-order valence-electron chi connectivity index (χ0n) is 11.0. The minimum atomic E-state index is 0.172. The highest BCUT2D eigenvalue weighted by Crippen LogP contribution is 2.20. The molecule has 0 amide bonds. The molecule has 0 unspecified atom stereocenters. The van der Waals surface area contributed by atoms with Crippen LogP contribution in [0.5, 0.6) is 0 Å². The lowest BCUT2D eigenvalue weighted by atomic mass is 10.2. The maximum absolute atomic E-state index is 5.34. The van der Waals surface area contributed by atoms with Crippen LogP contribution in [0, 0.1) is 0 Å². The summed E-state index contributed by atoms with van der Waals surface area (Å²) < 4.78 is 2.26. The molecule has 0 atom stereocenters. The summed E-state index contributed by atoms with van der Waals surface area (Å²) in [6.45, 7) is 3.22. The number of aryl methyl sites for hydroxylation is 1. The summed E-state index contributed by atoms with van der Waals surface area (Å²) in [5.41, 5.74) is 10.2. The van der Waals surface area contributed by atoms with E-state index in [2.05, 4.69) is 46.4 Å². The van der Waals surface area contributed by atoms with E-state index in [0.29, 0.717) is 0 Å². The van der Waals surface area contributed by atoms with Gasteiger partial charge < -0.3 is 10.3 Å². The summed E-state index contributed by atoms with van der Waals surface area (Å²) in [4.78, 5) is 0. The summed E-state index contributed by atoms with van der Waals surface area (Å²) >= 11 is 4.72. The van der Waals surface area contributed by atoms with Crippen LogP contribution in [0.1, 0.15) is 25.3 Å². The zero-order valence-corrected chi connectivity index (χ0v) is 11.8. The average Bonchev–Trinajstić information content (AvgIpc) is 2.75. The van der Waals surface area contributed by atoms with E-state index in [4.69, 9.17) is 18.0 Å². The maximum Gasteiger partial charge on any atom is 0.184 e. The van der Waals surface area contributed by atoms with Gasteiger partial charge in [0.05, 0.1) is 6.21 Å². The molecule has 0 aliphatic rings. The van der Waals surface area contributed by atoms with Gasteiger partial charge in [-0.15, -0.1) is 0 Å². The van der Waals surface area contributed by atoms with E-state index in [1.807, 2.05) is 6.07 Å². The molecule has 0 fully saturated rings. The Morgan fingerprint density at radius 3 is 3.00 bits per heavy atom. The van der Waals surface area contributed by atoms with Crippen molar-refractivity contribution in [1.82, 2.24) is 9.99 Å². The summed E-state index contributed by atoms with van der Waals surface area (Å²) in [5, 5.41) is 5.39. The summed E-state index contributed by atoms with van der Waals surface area (Å²) in [6.07, 6.45) is 6.22. The number of nitrogens with two attached hydrogens (primary N) is 1. The number of hydrogen-bond acceptors (Lipinski definition) is 2. The average molecular weight is 274 g/mol. The molecule has 1 aromatic carbocycles. The first-order valence-electron chi connectivity index (χ1n) is 6.38. The number of fused-ring (bicyclic) bond motifs is 1. The Hall–Kier alpha value is -1.88. The molecule has 4 nitrogen and oxygen atoms in total. The van der Waals surface area contributed by atoms with E-state index in [1.54, 1.807) is 6.21 Å². The standard InChI is InChI=1S/C14H18N4S/c1-2-3-8-18-10-11(9-16-17-14(15)19)12-6-4-5-7-13(12)18/h4-7,9-10H,2-3,8H2,1H3,(H3,15,17,19). The summed E-state index contributed by atoms with van der Waals surface area (Å²) in [7, 11) is 0. The van der Waals surface area contributed by atoms with Gasteiger partial charge in [-0.3, -0.25) is 5.43 Å². The second kappa shape index (κ2) is 6.33. The van der Waals surface area contributed by atoms with Gasteiger partial charge in [0.15, 0.2) is 5.11 Å². The molecule has 0 aliphatic heterocycles. The zero-order chi connectivity index (χ0) is 13.7. The fourth-order valence-corrected chi connectivity index (χ4v) is 2.11. The number of para-hydroxylation sites is 1. The van der Waals surface area contributed by atoms with Crippen molar-refractivity contribution in [3.05, 3.63) is 36.0 Å². The van der Waals surface area contributed by atoms with Crippen LogP contribution in [0.3, 0.4) is 0 Å². The molecule has 0 radical (unpaired) electrons.